The second-order valence-corrected chi connectivity index (χ2v) is 3.86. The summed E-state index contributed by atoms with van der Waals surface area (Å²) in [6.07, 6.45) is 5.80. The lowest BCUT2D eigenvalue weighted by atomic mass is 10.2. The average molecular weight is 179 g/mol. The van der Waals surface area contributed by atoms with Gasteiger partial charge in [-0.1, -0.05) is 33.8 Å². The van der Waals surface area contributed by atoms with Crippen molar-refractivity contribution in [3.05, 3.63) is 23.9 Å². The van der Waals surface area contributed by atoms with Gasteiger partial charge in [-0.2, -0.15) is 0 Å². The van der Waals surface area contributed by atoms with Crippen molar-refractivity contribution in [1.29, 1.82) is 0 Å². The van der Waals surface area contributed by atoms with Gasteiger partial charge in [-0.05, 0) is 12.0 Å². The Balaban J connectivity index is 2.69. The molecule has 0 saturated carbocycles. The van der Waals surface area contributed by atoms with Crippen molar-refractivity contribution in [1.82, 2.24) is 4.98 Å². The third-order valence-electron chi connectivity index (χ3n) is 1.73. The van der Waals surface area contributed by atoms with Gasteiger partial charge in [-0.25, -0.2) is 4.98 Å². The number of nitrogens with zero attached hydrogens (tertiary/aromatic N) is 1. The van der Waals surface area contributed by atoms with Crippen LogP contribution in [0.15, 0.2) is 16.7 Å². The molecule has 0 N–H and O–H groups in total. The topological polar surface area (TPSA) is 26.0 Å². The fourth-order valence-corrected chi connectivity index (χ4v) is 0.919. The van der Waals surface area contributed by atoms with Gasteiger partial charge in [-0.3, -0.25) is 0 Å². The first-order valence-corrected chi connectivity index (χ1v) is 4.73. The lowest BCUT2D eigenvalue weighted by Gasteiger charge is -1.95. The van der Waals surface area contributed by atoms with E-state index < -0.39 is 0 Å². The first-order valence-electron chi connectivity index (χ1n) is 4.73. The number of hydrogen-bond acceptors (Lipinski definition) is 2. The van der Waals surface area contributed by atoms with E-state index in [1.807, 2.05) is 6.08 Å². The van der Waals surface area contributed by atoms with Crippen LogP contribution in [-0.4, -0.2) is 4.98 Å². The molecule has 1 rings (SSSR count). The maximum Gasteiger partial charge on any atom is 0.218 e. The molecule has 72 valence electrons. The molecular formula is C11H17NO. The molecule has 13 heavy (non-hydrogen) atoms. The Kier molecular flexibility index (Phi) is 3.29. The van der Waals surface area contributed by atoms with E-state index in [0.29, 0.717) is 17.7 Å². The maximum atomic E-state index is 5.50. The molecule has 0 aliphatic carbocycles. The summed E-state index contributed by atoms with van der Waals surface area (Å²) < 4.78 is 5.50. The Morgan fingerprint density at radius 2 is 2.00 bits per heavy atom. The molecule has 0 unspecified atom stereocenters. The Bertz CT molecular complexity index is 284. The van der Waals surface area contributed by atoms with Crippen molar-refractivity contribution in [2.24, 2.45) is 5.92 Å². The van der Waals surface area contributed by atoms with E-state index in [9.17, 15) is 0 Å². The van der Waals surface area contributed by atoms with Crippen LogP contribution in [0.4, 0.5) is 0 Å². The molecule has 1 heterocycles. The van der Waals surface area contributed by atoms with Crippen LogP contribution in [0, 0.1) is 5.92 Å². The standard InChI is InChI=1S/C11H17NO/c1-8(2)5-6-11-12-7-10(13-11)9(3)4/h5-9H,1-4H3/b6-5+. The van der Waals surface area contributed by atoms with Gasteiger partial charge in [0.1, 0.15) is 5.76 Å². The van der Waals surface area contributed by atoms with Crippen molar-refractivity contribution < 1.29 is 4.42 Å². The third kappa shape index (κ3) is 3.05. The molecular weight excluding hydrogens is 162 g/mol. The molecule has 0 atom stereocenters. The van der Waals surface area contributed by atoms with E-state index in [0.717, 1.165) is 5.76 Å². The largest absolute Gasteiger partial charge is 0.442 e. The lowest BCUT2D eigenvalue weighted by Crippen LogP contribution is -1.80. The van der Waals surface area contributed by atoms with Crippen LogP contribution in [0.1, 0.15) is 45.3 Å². The summed E-state index contributed by atoms with van der Waals surface area (Å²) in [5.41, 5.74) is 0. The van der Waals surface area contributed by atoms with Crippen LogP contribution in [0.5, 0.6) is 0 Å². The van der Waals surface area contributed by atoms with Gasteiger partial charge in [-0.15, -0.1) is 0 Å². The number of oxazole rings is 1. The minimum atomic E-state index is 0.411. The molecule has 0 bridgehead atoms. The van der Waals surface area contributed by atoms with Gasteiger partial charge in [0, 0.05) is 5.92 Å². The van der Waals surface area contributed by atoms with Crippen LogP contribution < -0.4 is 0 Å². The quantitative estimate of drug-likeness (QED) is 0.710. The van der Waals surface area contributed by atoms with Gasteiger partial charge in [0.2, 0.25) is 5.89 Å². The molecule has 0 spiro atoms. The normalized spacial score (nSPS) is 12.2. The van der Waals surface area contributed by atoms with E-state index in [4.69, 9.17) is 4.42 Å². The maximum absolute atomic E-state index is 5.50. The zero-order valence-electron chi connectivity index (χ0n) is 8.74. The van der Waals surface area contributed by atoms with Gasteiger partial charge in [0.25, 0.3) is 0 Å². The fourth-order valence-electron chi connectivity index (χ4n) is 0.919. The van der Waals surface area contributed by atoms with E-state index >= 15 is 0 Å². The highest BCUT2D eigenvalue weighted by Gasteiger charge is 2.04. The Morgan fingerprint density at radius 3 is 2.46 bits per heavy atom. The summed E-state index contributed by atoms with van der Waals surface area (Å²) in [6, 6.07) is 0. The highest BCUT2D eigenvalue weighted by atomic mass is 16.4. The summed E-state index contributed by atoms with van der Waals surface area (Å²) in [5, 5.41) is 0. The predicted octanol–water partition coefficient (Wildman–Crippen LogP) is 3.47. The summed E-state index contributed by atoms with van der Waals surface area (Å²) in [7, 11) is 0. The summed E-state index contributed by atoms with van der Waals surface area (Å²) in [4.78, 5) is 4.16. The Labute approximate surface area is 79.7 Å². The van der Waals surface area contributed by atoms with E-state index in [1.165, 1.54) is 0 Å². The Hall–Kier alpha value is -1.05. The number of allylic oxidation sites excluding steroid dienone is 1. The van der Waals surface area contributed by atoms with E-state index in [-0.39, 0.29) is 0 Å². The SMILES string of the molecule is CC(C)/C=C/c1ncc(C(C)C)o1. The van der Waals surface area contributed by atoms with Crippen molar-refractivity contribution in [3.63, 3.8) is 0 Å². The molecule has 0 amide bonds. The molecule has 0 aromatic carbocycles. The fraction of sp³-hybridized carbons (Fsp3) is 0.545. The monoisotopic (exact) mass is 179 g/mol. The second-order valence-electron chi connectivity index (χ2n) is 3.86. The molecule has 0 saturated heterocycles. The summed E-state index contributed by atoms with van der Waals surface area (Å²) >= 11 is 0. The van der Waals surface area contributed by atoms with Crippen molar-refractivity contribution in [2.75, 3.05) is 0 Å². The van der Waals surface area contributed by atoms with Gasteiger partial charge in [0.05, 0.1) is 6.20 Å². The summed E-state index contributed by atoms with van der Waals surface area (Å²) in [6.45, 7) is 8.44. The van der Waals surface area contributed by atoms with Crippen molar-refractivity contribution >= 4 is 6.08 Å². The third-order valence-corrected chi connectivity index (χ3v) is 1.73. The second kappa shape index (κ2) is 4.26. The molecule has 0 aliphatic rings. The molecule has 2 nitrogen and oxygen atoms in total. The van der Waals surface area contributed by atoms with Gasteiger partial charge in [0.15, 0.2) is 0 Å². The summed E-state index contributed by atoms with van der Waals surface area (Å²) in [5.74, 6) is 2.60. The van der Waals surface area contributed by atoms with Crippen LogP contribution >= 0.6 is 0 Å². The highest BCUT2D eigenvalue weighted by molar-refractivity contribution is 5.38. The first-order chi connectivity index (χ1) is 6.09. The minimum Gasteiger partial charge on any atom is -0.442 e. The molecule has 1 aromatic rings. The molecule has 0 fully saturated rings. The van der Waals surface area contributed by atoms with Gasteiger partial charge >= 0.3 is 0 Å². The molecule has 2 heteroatoms. The number of hydrogen-bond donors (Lipinski definition) is 0. The smallest absolute Gasteiger partial charge is 0.218 e. The number of rotatable bonds is 3. The van der Waals surface area contributed by atoms with E-state index in [2.05, 4.69) is 38.8 Å². The van der Waals surface area contributed by atoms with Crippen molar-refractivity contribution in [3.8, 4) is 0 Å². The first kappa shape index (κ1) is 10.0. The lowest BCUT2D eigenvalue weighted by molar-refractivity contribution is 0.474. The molecule has 0 aliphatic heterocycles. The van der Waals surface area contributed by atoms with Gasteiger partial charge < -0.3 is 4.42 Å². The Morgan fingerprint density at radius 1 is 1.31 bits per heavy atom. The zero-order valence-corrected chi connectivity index (χ0v) is 8.74. The molecule has 0 radical (unpaired) electrons. The average Bonchev–Trinajstić information content (AvgIpc) is 2.48. The van der Waals surface area contributed by atoms with Crippen LogP contribution in [0.2, 0.25) is 0 Å². The number of aromatic nitrogens is 1. The zero-order chi connectivity index (χ0) is 9.84. The van der Waals surface area contributed by atoms with Crippen LogP contribution in [0.25, 0.3) is 6.08 Å². The minimum absolute atomic E-state index is 0.411. The highest BCUT2D eigenvalue weighted by Crippen LogP contribution is 2.15. The molecule has 1 aromatic heterocycles. The van der Waals surface area contributed by atoms with Crippen LogP contribution in [-0.2, 0) is 0 Å². The predicted molar refractivity (Wildman–Crippen MR) is 54.5 cm³/mol. The van der Waals surface area contributed by atoms with Crippen LogP contribution in [0.3, 0.4) is 0 Å². The van der Waals surface area contributed by atoms with E-state index in [1.54, 1.807) is 6.20 Å². The van der Waals surface area contributed by atoms with Crippen molar-refractivity contribution in [2.45, 2.75) is 33.6 Å².